The van der Waals surface area contributed by atoms with Crippen molar-refractivity contribution >= 4 is 11.0 Å². The van der Waals surface area contributed by atoms with Crippen LogP contribution in [0.3, 0.4) is 0 Å². The second kappa shape index (κ2) is 7.16. The summed E-state index contributed by atoms with van der Waals surface area (Å²) in [6.45, 7) is 8.90. The molecule has 3 rings (SSSR count). The minimum Gasteiger partial charge on any atom is -0.378 e. The monoisotopic (exact) mass is 323 g/mol. The summed E-state index contributed by atoms with van der Waals surface area (Å²) in [7, 11) is 0. The lowest BCUT2D eigenvalue weighted by Gasteiger charge is -2.10. The van der Waals surface area contributed by atoms with Crippen LogP contribution in [0.25, 0.3) is 22.4 Å². The molecule has 1 heterocycles. The van der Waals surface area contributed by atoms with Gasteiger partial charge in [0, 0.05) is 18.7 Å². The van der Waals surface area contributed by atoms with Gasteiger partial charge in [0.05, 0.1) is 24.2 Å². The number of aryl methyl sites for hydroxylation is 3. The van der Waals surface area contributed by atoms with Gasteiger partial charge in [0.25, 0.3) is 0 Å². The normalized spacial score (nSPS) is 11.3. The van der Waals surface area contributed by atoms with Gasteiger partial charge < -0.3 is 15.0 Å². The van der Waals surface area contributed by atoms with E-state index in [-0.39, 0.29) is 0 Å². The standard InChI is InChI=1S/C20H25N3O/c1-14-4-6-17(7-5-14)20-22-18-12-15(2)16(3)13-19(18)23(20)9-11-24-10-8-21/h4-7,12-13H,8-11,21H2,1-3H3. The summed E-state index contributed by atoms with van der Waals surface area (Å²) in [6.07, 6.45) is 0. The number of imidazole rings is 1. The van der Waals surface area contributed by atoms with Crippen molar-refractivity contribution in [1.82, 2.24) is 9.55 Å². The summed E-state index contributed by atoms with van der Waals surface area (Å²) in [5.41, 5.74) is 12.6. The van der Waals surface area contributed by atoms with E-state index in [9.17, 15) is 0 Å². The lowest BCUT2D eigenvalue weighted by Crippen LogP contribution is -2.13. The highest BCUT2D eigenvalue weighted by atomic mass is 16.5. The Kier molecular flexibility index (Phi) is 4.97. The minimum absolute atomic E-state index is 0.549. The predicted molar refractivity (Wildman–Crippen MR) is 99.3 cm³/mol. The van der Waals surface area contributed by atoms with Gasteiger partial charge in [-0.15, -0.1) is 0 Å². The maximum atomic E-state index is 5.60. The van der Waals surface area contributed by atoms with Gasteiger partial charge in [0.2, 0.25) is 0 Å². The van der Waals surface area contributed by atoms with E-state index in [1.54, 1.807) is 0 Å². The Morgan fingerprint density at radius 1 is 1.00 bits per heavy atom. The highest BCUT2D eigenvalue weighted by Crippen LogP contribution is 2.27. The third-order valence-corrected chi connectivity index (χ3v) is 4.39. The number of ether oxygens (including phenoxy) is 1. The van der Waals surface area contributed by atoms with Crippen LogP contribution in [0.4, 0.5) is 0 Å². The number of benzene rings is 2. The van der Waals surface area contributed by atoms with Crippen molar-refractivity contribution in [1.29, 1.82) is 0 Å². The third kappa shape index (κ3) is 3.35. The van der Waals surface area contributed by atoms with Crippen molar-refractivity contribution in [3.05, 3.63) is 53.1 Å². The number of fused-ring (bicyclic) bond motifs is 1. The van der Waals surface area contributed by atoms with Crippen LogP contribution in [-0.2, 0) is 11.3 Å². The van der Waals surface area contributed by atoms with Crippen molar-refractivity contribution in [2.24, 2.45) is 5.73 Å². The fourth-order valence-corrected chi connectivity index (χ4v) is 2.87. The van der Waals surface area contributed by atoms with Crippen molar-refractivity contribution in [3.63, 3.8) is 0 Å². The number of aromatic nitrogens is 2. The molecule has 0 radical (unpaired) electrons. The van der Waals surface area contributed by atoms with Crippen LogP contribution < -0.4 is 5.73 Å². The number of hydrogen-bond donors (Lipinski definition) is 1. The first kappa shape index (κ1) is 16.7. The molecule has 4 nitrogen and oxygen atoms in total. The molecule has 0 aliphatic carbocycles. The van der Waals surface area contributed by atoms with Gasteiger partial charge in [0.15, 0.2) is 0 Å². The summed E-state index contributed by atoms with van der Waals surface area (Å²) in [5, 5.41) is 0. The molecule has 0 saturated heterocycles. The Bertz CT molecular complexity index is 834. The fraction of sp³-hybridized carbons (Fsp3) is 0.350. The summed E-state index contributed by atoms with van der Waals surface area (Å²) < 4.78 is 7.85. The Labute approximate surface area is 143 Å². The van der Waals surface area contributed by atoms with Crippen molar-refractivity contribution < 1.29 is 4.74 Å². The lowest BCUT2D eigenvalue weighted by molar-refractivity contribution is 0.134. The first-order valence-corrected chi connectivity index (χ1v) is 8.42. The summed E-state index contributed by atoms with van der Waals surface area (Å²) in [5.74, 6) is 0.992. The largest absolute Gasteiger partial charge is 0.378 e. The van der Waals surface area contributed by atoms with E-state index in [1.807, 2.05) is 0 Å². The van der Waals surface area contributed by atoms with Crippen LogP contribution >= 0.6 is 0 Å². The molecule has 1 aromatic heterocycles. The number of hydrogen-bond acceptors (Lipinski definition) is 3. The van der Waals surface area contributed by atoms with Gasteiger partial charge >= 0.3 is 0 Å². The van der Waals surface area contributed by atoms with Crippen LogP contribution in [0.5, 0.6) is 0 Å². The maximum Gasteiger partial charge on any atom is 0.141 e. The van der Waals surface area contributed by atoms with Gasteiger partial charge in [-0.3, -0.25) is 0 Å². The Hall–Kier alpha value is -2.17. The molecule has 0 saturated carbocycles. The summed E-state index contributed by atoms with van der Waals surface area (Å²) in [6, 6.07) is 12.9. The molecule has 24 heavy (non-hydrogen) atoms. The number of rotatable bonds is 6. The second-order valence-electron chi connectivity index (χ2n) is 6.28. The molecule has 0 fully saturated rings. The van der Waals surface area contributed by atoms with E-state index >= 15 is 0 Å². The summed E-state index contributed by atoms with van der Waals surface area (Å²) in [4.78, 5) is 4.90. The van der Waals surface area contributed by atoms with E-state index in [1.165, 1.54) is 16.7 Å². The molecule has 0 aliphatic heterocycles. The quantitative estimate of drug-likeness (QED) is 0.705. The maximum absolute atomic E-state index is 5.60. The molecule has 126 valence electrons. The highest BCUT2D eigenvalue weighted by Gasteiger charge is 2.13. The smallest absolute Gasteiger partial charge is 0.141 e. The molecule has 2 N–H and O–H groups in total. The van der Waals surface area contributed by atoms with E-state index < -0.39 is 0 Å². The SMILES string of the molecule is Cc1ccc(-c2nc3cc(C)c(C)cc3n2CCOCCN)cc1. The van der Waals surface area contributed by atoms with Crippen LogP contribution in [-0.4, -0.2) is 29.3 Å². The van der Waals surface area contributed by atoms with E-state index in [0.29, 0.717) is 19.8 Å². The van der Waals surface area contributed by atoms with Gasteiger partial charge in [-0.05, 0) is 44.0 Å². The zero-order valence-corrected chi connectivity index (χ0v) is 14.7. The van der Waals surface area contributed by atoms with Gasteiger partial charge in [0.1, 0.15) is 5.82 Å². The topological polar surface area (TPSA) is 53.1 Å². The number of nitrogens with two attached hydrogens (primary N) is 1. The first-order chi connectivity index (χ1) is 11.6. The molecule has 2 aromatic carbocycles. The van der Waals surface area contributed by atoms with E-state index in [2.05, 4.69) is 61.7 Å². The first-order valence-electron chi connectivity index (χ1n) is 8.42. The molecule has 4 heteroatoms. The molecule has 3 aromatic rings. The molecule has 0 atom stereocenters. The third-order valence-electron chi connectivity index (χ3n) is 4.39. The van der Waals surface area contributed by atoms with Crippen LogP contribution in [0.1, 0.15) is 16.7 Å². The van der Waals surface area contributed by atoms with Gasteiger partial charge in [-0.2, -0.15) is 0 Å². The summed E-state index contributed by atoms with van der Waals surface area (Å²) >= 11 is 0. The predicted octanol–water partition coefficient (Wildman–Crippen LogP) is 3.60. The molecule has 0 aliphatic rings. The Morgan fingerprint density at radius 2 is 1.71 bits per heavy atom. The van der Waals surface area contributed by atoms with Crippen molar-refractivity contribution in [3.8, 4) is 11.4 Å². The molecular weight excluding hydrogens is 298 g/mol. The van der Waals surface area contributed by atoms with Crippen molar-refractivity contribution in [2.45, 2.75) is 27.3 Å². The average Bonchev–Trinajstić information content (AvgIpc) is 2.90. The molecule has 0 spiro atoms. The Morgan fingerprint density at radius 3 is 2.42 bits per heavy atom. The van der Waals surface area contributed by atoms with Crippen LogP contribution in [0, 0.1) is 20.8 Å². The Balaban J connectivity index is 2.06. The number of nitrogens with zero attached hydrogens (tertiary/aromatic N) is 2. The van der Waals surface area contributed by atoms with Gasteiger partial charge in [-0.1, -0.05) is 29.8 Å². The zero-order valence-electron chi connectivity index (χ0n) is 14.7. The van der Waals surface area contributed by atoms with Crippen molar-refractivity contribution in [2.75, 3.05) is 19.8 Å². The molecular formula is C20H25N3O. The van der Waals surface area contributed by atoms with Crippen LogP contribution in [0.2, 0.25) is 0 Å². The molecule has 0 amide bonds. The second-order valence-corrected chi connectivity index (χ2v) is 6.28. The average molecular weight is 323 g/mol. The van der Waals surface area contributed by atoms with Gasteiger partial charge in [-0.25, -0.2) is 4.98 Å². The van der Waals surface area contributed by atoms with E-state index in [0.717, 1.165) is 29.0 Å². The zero-order chi connectivity index (χ0) is 17.1. The molecule has 0 unspecified atom stereocenters. The minimum atomic E-state index is 0.549. The van der Waals surface area contributed by atoms with E-state index in [4.69, 9.17) is 15.5 Å². The fourth-order valence-electron chi connectivity index (χ4n) is 2.87. The lowest BCUT2D eigenvalue weighted by atomic mass is 10.1. The van der Waals surface area contributed by atoms with Crippen LogP contribution in [0.15, 0.2) is 36.4 Å². The molecule has 0 bridgehead atoms. The highest BCUT2D eigenvalue weighted by molar-refractivity contribution is 5.82.